The molecule has 2 aliphatic rings. The zero-order valence-corrected chi connectivity index (χ0v) is 14.0. The fourth-order valence-electron chi connectivity index (χ4n) is 2.66. The minimum Gasteiger partial charge on any atom is -0.325 e. The summed E-state index contributed by atoms with van der Waals surface area (Å²) in [7, 11) is -3.22. The number of hydrogen-bond acceptors (Lipinski definition) is 5. The van der Waals surface area contributed by atoms with Crippen molar-refractivity contribution in [3.05, 3.63) is 23.8 Å². The minimum atomic E-state index is -3.22. The molecule has 1 atom stereocenters. The van der Waals surface area contributed by atoms with E-state index in [1.54, 1.807) is 17.8 Å². The molecule has 22 heavy (non-hydrogen) atoms. The van der Waals surface area contributed by atoms with Gasteiger partial charge < -0.3 is 5.32 Å². The van der Waals surface area contributed by atoms with Gasteiger partial charge in [0.05, 0.1) is 17.5 Å². The molecular weight excluding hydrogens is 322 g/mol. The number of hydrogen-bond donors (Lipinski definition) is 2. The van der Waals surface area contributed by atoms with Crippen molar-refractivity contribution in [1.82, 2.24) is 5.32 Å². The SMILES string of the molecule is Cc1ccc(NC(=O)C2CSCN2)cc1N1CCCS1(=O)=O. The fourth-order valence-corrected chi connectivity index (χ4v) is 5.22. The summed E-state index contributed by atoms with van der Waals surface area (Å²) in [5.74, 6) is 1.64. The molecule has 2 heterocycles. The summed E-state index contributed by atoms with van der Waals surface area (Å²) >= 11 is 1.69. The molecule has 2 N–H and O–H groups in total. The van der Waals surface area contributed by atoms with Gasteiger partial charge in [0.15, 0.2) is 0 Å². The van der Waals surface area contributed by atoms with Gasteiger partial charge >= 0.3 is 0 Å². The number of amides is 1. The van der Waals surface area contributed by atoms with E-state index in [4.69, 9.17) is 0 Å². The van der Waals surface area contributed by atoms with Gasteiger partial charge in [-0.3, -0.25) is 14.4 Å². The van der Waals surface area contributed by atoms with Gasteiger partial charge in [-0.05, 0) is 31.0 Å². The molecule has 0 saturated carbocycles. The lowest BCUT2D eigenvalue weighted by molar-refractivity contribution is -0.117. The van der Waals surface area contributed by atoms with Crippen LogP contribution in [-0.4, -0.2) is 44.3 Å². The highest BCUT2D eigenvalue weighted by atomic mass is 32.2. The number of aryl methyl sites for hydroxylation is 1. The fraction of sp³-hybridized carbons (Fsp3) is 0.500. The molecular formula is C14H19N3O3S2. The number of carbonyl (C=O) groups excluding carboxylic acids is 1. The number of nitrogens with one attached hydrogen (secondary N) is 2. The molecule has 8 heteroatoms. The van der Waals surface area contributed by atoms with Crippen LogP contribution in [0.2, 0.25) is 0 Å². The van der Waals surface area contributed by atoms with Crippen molar-refractivity contribution in [1.29, 1.82) is 0 Å². The molecule has 2 fully saturated rings. The maximum atomic E-state index is 12.1. The second-order valence-corrected chi connectivity index (χ2v) is 8.55. The highest BCUT2D eigenvalue weighted by Crippen LogP contribution is 2.30. The van der Waals surface area contributed by atoms with Crippen LogP contribution in [0.25, 0.3) is 0 Å². The first-order valence-electron chi connectivity index (χ1n) is 7.20. The van der Waals surface area contributed by atoms with Crippen LogP contribution in [0.4, 0.5) is 11.4 Å². The van der Waals surface area contributed by atoms with Crippen LogP contribution in [0, 0.1) is 6.92 Å². The third-order valence-electron chi connectivity index (χ3n) is 3.88. The lowest BCUT2D eigenvalue weighted by atomic mass is 10.1. The molecule has 0 aliphatic carbocycles. The summed E-state index contributed by atoms with van der Waals surface area (Å²) in [6, 6.07) is 5.21. The van der Waals surface area contributed by atoms with Crippen molar-refractivity contribution < 1.29 is 13.2 Å². The number of thioether (sulfide) groups is 1. The molecule has 2 saturated heterocycles. The predicted molar refractivity (Wildman–Crippen MR) is 89.8 cm³/mol. The second-order valence-electron chi connectivity index (χ2n) is 5.50. The van der Waals surface area contributed by atoms with Gasteiger partial charge in [-0.2, -0.15) is 0 Å². The average Bonchev–Trinajstić information content (AvgIpc) is 3.10. The Labute approximate surface area is 134 Å². The third-order valence-corrected chi connectivity index (χ3v) is 6.67. The first-order chi connectivity index (χ1) is 10.5. The summed E-state index contributed by atoms with van der Waals surface area (Å²) in [6.45, 7) is 2.38. The standard InChI is InChI=1S/C14H19N3O3S2/c1-10-3-4-11(16-14(18)12-8-21-9-15-12)7-13(10)17-5-2-6-22(17,19)20/h3-4,7,12,15H,2,5-6,8-9H2,1H3,(H,16,18). The molecule has 0 bridgehead atoms. The van der Waals surface area contributed by atoms with Crippen molar-refractivity contribution in [3.8, 4) is 0 Å². The van der Waals surface area contributed by atoms with Gasteiger partial charge in [0.2, 0.25) is 15.9 Å². The summed E-state index contributed by atoms with van der Waals surface area (Å²) in [4.78, 5) is 12.1. The lowest BCUT2D eigenvalue weighted by Crippen LogP contribution is -2.37. The smallest absolute Gasteiger partial charge is 0.242 e. The number of nitrogens with zero attached hydrogens (tertiary/aromatic N) is 1. The molecule has 6 nitrogen and oxygen atoms in total. The Kier molecular flexibility index (Phi) is 4.33. The largest absolute Gasteiger partial charge is 0.325 e. The average molecular weight is 341 g/mol. The second kappa shape index (κ2) is 6.10. The summed E-state index contributed by atoms with van der Waals surface area (Å²) in [6.07, 6.45) is 0.640. The number of anilines is 2. The van der Waals surface area contributed by atoms with Crippen LogP contribution in [0.5, 0.6) is 0 Å². The van der Waals surface area contributed by atoms with Crippen LogP contribution in [0.1, 0.15) is 12.0 Å². The topological polar surface area (TPSA) is 78.5 Å². The molecule has 3 rings (SSSR count). The first-order valence-corrected chi connectivity index (χ1v) is 9.97. The van der Waals surface area contributed by atoms with Crippen LogP contribution in [0.3, 0.4) is 0 Å². The van der Waals surface area contributed by atoms with Crippen LogP contribution in [0.15, 0.2) is 18.2 Å². The summed E-state index contributed by atoms with van der Waals surface area (Å²) < 4.78 is 25.6. The predicted octanol–water partition coefficient (Wildman–Crippen LogP) is 1.14. The Balaban J connectivity index is 1.82. The minimum absolute atomic E-state index is 0.0796. The maximum Gasteiger partial charge on any atom is 0.242 e. The molecule has 2 aliphatic heterocycles. The van der Waals surface area contributed by atoms with Gasteiger partial charge in [-0.25, -0.2) is 8.42 Å². The van der Waals surface area contributed by atoms with Crippen molar-refractivity contribution in [2.75, 3.05) is 33.5 Å². The van der Waals surface area contributed by atoms with E-state index in [1.807, 2.05) is 19.1 Å². The zero-order valence-electron chi connectivity index (χ0n) is 12.3. The number of rotatable bonds is 3. The highest BCUT2D eigenvalue weighted by molar-refractivity contribution is 7.99. The van der Waals surface area contributed by atoms with E-state index in [0.717, 1.165) is 17.2 Å². The van der Waals surface area contributed by atoms with E-state index in [2.05, 4.69) is 10.6 Å². The molecule has 1 aromatic rings. The van der Waals surface area contributed by atoms with Gasteiger partial charge in [-0.1, -0.05) is 6.07 Å². The van der Waals surface area contributed by atoms with E-state index in [-0.39, 0.29) is 17.7 Å². The lowest BCUT2D eigenvalue weighted by Gasteiger charge is -2.20. The third kappa shape index (κ3) is 3.09. The van der Waals surface area contributed by atoms with E-state index in [1.165, 1.54) is 4.31 Å². The van der Waals surface area contributed by atoms with E-state index in [9.17, 15) is 13.2 Å². The molecule has 1 aromatic carbocycles. The van der Waals surface area contributed by atoms with Crippen LogP contribution >= 0.6 is 11.8 Å². The Morgan fingerprint density at radius 3 is 2.91 bits per heavy atom. The van der Waals surface area contributed by atoms with Gasteiger partial charge in [0.25, 0.3) is 0 Å². The van der Waals surface area contributed by atoms with Gasteiger partial charge in [0, 0.05) is 23.9 Å². The highest BCUT2D eigenvalue weighted by Gasteiger charge is 2.30. The molecule has 1 amide bonds. The molecule has 0 aromatic heterocycles. The quantitative estimate of drug-likeness (QED) is 0.862. The first kappa shape index (κ1) is 15.6. The number of sulfonamides is 1. The van der Waals surface area contributed by atoms with Crippen molar-refractivity contribution in [3.63, 3.8) is 0 Å². The normalized spacial score (nSPS) is 23.7. The Hall–Kier alpha value is -1.25. The Bertz CT molecular complexity index is 685. The Morgan fingerprint density at radius 2 is 2.27 bits per heavy atom. The van der Waals surface area contributed by atoms with Crippen LogP contribution in [-0.2, 0) is 14.8 Å². The molecule has 0 spiro atoms. The summed E-state index contributed by atoms with van der Waals surface area (Å²) in [5, 5.41) is 5.98. The molecule has 1 unspecified atom stereocenters. The summed E-state index contributed by atoms with van der Waals surface area (Å²) in [5.41, 5.74) is 2.17. The van der Waals surface area contributed by atoms with Crippen molar-refractivity contribution in [2.24, 2.45) is 0 Å². The van der Waals surface area contributed by atoms with Crippen molar-refractivity contribution >= 4 is 39.1 Å². The van der Waals surface area contributed by atoms with E-state index in [0.29, 0.717) is 24.3 Å². The van der Waals surface area contributed by atoms with Crippen molar-refractivity contribution in [2.45, 2.75) is 19.4 Å². The Morgan fingerprint density at radius 1 is 1.45 bits per heavy atom. The maximum absolute atomic E-state index is 12.1. The molecule has 120 valence electrons. The van der Waals surface area contributed by atoms with Gasteiger partial charge in [-0.15, -0.1) is 11.8 Å². The number of carbonyl (C=O) groups is 1. The number of benzene rings is 1. The zero-order chi connectivity index (χ0) is 15.7. The van der Waals surface area contributed by atoms with E-state index >= 15 is 0 Å². The van der Waals surface area contributed by atoms with Gasteiger partial charge in [0.1, 0.15) is 0 Å². The monoisotopic (exact) mass is 341 g/mol. The molecule has 0 radical (unpaired) electrons. The van der Waals surface area contributed by atoms with Crippen LogP contribution < -0.4 is 14.9 Å². The van der Waals surface area contributed by atoms with E-state index < -0.39 is 10.0 Å².